The fourth-order valence-electron chi connectivity index (χ4n) is 0.211. The number of hydrogen-bond donors (Lipinski definition) is 3. The van der Waals surface area contributed by atoms with Crippen molar-refractivity contribution in [3.63, 3.8) is 0 Å². The van der Waals surface area contributed by atoms with E-state index in [1.54, 1.807) is 0 Å². The molecule has 0 bridgehead atoms. The Labute approximate surface area is 87.3 Å². The average molecular weight is 229 g/mol. The molecule has 0 rings (SSSR count). The summed E-state index contributed by atoms with van der Waals surface area (Å²) in [6, 6.07) is 0. The number of rotatable bonds is 2. The van der Waals surface area contributed by atoms with Gasteiger partial charge in [0.25, 0.3) is 10.1 Å². The molecule has 0 aliphatic heterocycles. The Morgan fingerprint density at radius 2 is 1.43 bits per heavy atom. The Kier molecular flexibility index (Phi) is 17.8. The second-order valence-electron chi connectivity index (χ2n) is 2.58. The average Bonchev–Trinajstić information content (AvgIpc) is 2.04. The van der Waals surface area contributed by atoms with Gasteiger partial charge in [0.15, 0.2) is 5.44 Å². The molecule has 0 heterocycles. The SMILES string of the molecule is CCC.CCC(O)S(=O)(=O)O.CNC. The van der Waals surface area contributed by atoms with Crippen LogP contribution in [0.15, 0.2) is 0 Å². The monoisotopic (exact) mass is 229 g/mol. The van der Waals surface area contributed by atoms with Crippen LogP contribution < -0.4 is 5.32 Å². The standard InChI is InChI=1S/C3H8O4S.C3H8.C2H7N/c1-2-3(4)8(5,6)7;2*1-3-2/h3-4H,2H2,1H3,(H,5,6,7);3H2,1-2H3;3H,1-2H3. The van der Waals surface area contributed by atoms with E-state index in [0.29, 0.717) is 0 Å². The largest absolute Gasteiger partial charge is 0.375 e. The lowest BCUT2D eigenvalue weighted by molar-refractivity contribution is 0.229. The van der Waals surface area contributed by atoms with Gasteiger partial charge in [-0.2, -0.15) is 8.42 Å². The molecule has 0 aromatic carbocycles. The highest BCUT2D eigenvalue weighted by molar-refractivity contribution is 7.86. The second kappa shape index (κ2) is 12.8. The molecule has 0 spiro atoms. The smallest absolute Gasteiger partial charge is 0.291 e. The molecule has 0 aliphatic rings. The van der Waals surface area contributed by atoms with Crippen LogP contribution in [0, 0.1) is 0 Å². The van der Waals surface area contributed by atoms with Gasteiger partial charge in [0.2, 0.25) is 0 Å². The Balaban J connectivity index is -0.000000168. The summed E-state index contributed by atoms with van der Waals surface area (Å²) < 4.78 is 27.7. The van der Waals surface area contributed by atoms with Crippen LogP contribution in [0.1, 0.15) is 33.6 Å². The lowest BCUT2D eigenvalue weighted by Gasteiger charge is -1.99. The molecule has 0 aromatic heterocycles. The van der Waals surface area contributed by atoms with Crippen molar-refractivity contribution in [1.82, 2.24) is 5.32 Å². The summed E-state index contributed by atoms with van der Waals surface area (Å²) in [6.45, 7) is 5.71. The van der Waals surface area contributed by atoms with Gasteiger partial charge >= 0.3 is 0 Å². The van der Waals surface area contributed by atoms with Crippen molar-refractivity contribution in [2.24, 2.45) is 0 Å². The highest BCUT2D eigenvalue weighted by atomic mass is 32.2. The van der Waals surface area contributed by atoms with Crippen LogP contribution in [0.2, 0.25) is 0 Å². The minimum atomic E-state index is -4.20. The molecule has 6 heteroatoms. The van der Waals surface area contributed by atoms with E-state index >= 15 is 0 Å². The topological polar surface area (TPSA) is 86.6 Å². The van der Waals surface area contributed by atoms with Gasteiger partial charge < -0.3 is 10.4 Å². The first-order valence-corrected chi connectivity index (χ1v) is 6.04. The normalized spacial score (nSPS) is 11.6. The predicted molar refractivity (Wildman–Crippen MR) is 58.8 cm³/mol. The van der Waals surface area contributed by atoms with Gasteiger partial charge in [0, 0.05) is 0 Å². The molecule has 0 aromatic rings. The van der Waals surface area contributed by atoms with Crippen LogP contribution in [-0.2, 0) is 10.1 Å². The first-order valence-electron chi connectivity index (χ1n) is 4.54. The Hall–Kier alpha value is -0.170. The molecule has 0 fully saturated rings. The van der Waals surface area contributed by atoms with Gasteiger partial charge in [-0.05, 0) is 20.5 Å². The first kappa shape index (κ1) is 19.4. The maximum atomic E-state index is 9.87. The fraction of sp³-hybridized carbons (Fsp3) is 1.00. The summed E-state index contributed by atoms with van der Waals surface area (Å²) in [6.07, 6.45) is 1.26. The highest BCUT2D eigenvalue weighted by Gasteiger charge is 2.15. The van der Waals surface area contributed by atoms with Crippen LogP contribution in [0.5, 0.6) is 0 Å². The maximum absolute atomic E-state index is 9.87. The molecule has 1 atom stereocenters. The van der Waals surface area contributed by atoms with E-state index in [0.717, 1.165) is 0 Å². The number of aliphatic hydroxyl groups excluding tert-OH is 1. The van der Waals surface area contributed by atoms with Crippen LogP contribution in [0.25, 0.3) is 0 Å². The molecule has 0 radical (unpaired) electrons. The Morgan fingerprint density at radius 3 is 1.43 bits per heavy atom. The van der Waals surface area contributed by atoms with E-state index in [1.165, 1.54) is 13.3 Å². The van der Waals surface area contributed by atoms with Gasteiger partial charge in [-0.15, -0.1) is 0 Å². The minimum absolute atomic E-state index is 0.0127. The van der Waals surface area contributed by atoms with Crippen LogP contribution in [0.3, 0.4) is 0 Å². The highest BCUT2D eigenvalue weighted by Crippen LogP contribution is 1.96. The molecular formula is C8H23NO4S. The van der Waals surface area contributed by atoms with Gasteiger partial charge in [-0.3, -0.25) is 4.55 Å². The third-order valence-electron chi connectivity index (χ3n) is 0.693. The van der Waals surface area contributed by atoms with Crippen molar-refractivity contribution in [2.45, 2.75) is 39.0 Å². The molecule has 0 saturated carbocycles. The predicted octanol–water partition coefficient (Wildman–Crippen LogP) is 0.855. The summed E-state index contributed by atoms with van der Waals surface area (Å²) in [7, 11) is -0.447. The van der Waals surface area contributed by atoms with Crippen molar-refractivity contribution in [3.8, 4) is 0 Å². The van der Waals surface area contributed by atoms with Crippen molar-refractivity contribution in [1.29, 1.82) is 0 Å². The van der Waals surface area contributed by atoms with Crippen LogP contribution in [0.4, 0.5) is 0 Å². The molecular weight excluding hydrogens is 206 g/mol. The van der Waals surface area contributed by atoms with Crippen molar-refractivity contribution >= 4 is 10.1 Å². The van der Waals surface area contributed by atoms with Crippen molar-refractivity contribution in [2.75, 3.05) is 14.1 Å². The summed E-state index contributed by atoms with van der Waals surface area (Å²) >= 11 is 0. The number of aliphatic hydroxyl groups is 1. The number of hydrogen-bond acceptors (Lipinski definition) is 4. The molecule has 5 nitrogen and oxygen atoms in total. The number of nitrogens with one attached hydrogen (secondary N) is 1. The molecule has 1 unspecified atom stereocenters. The first-order chi connectivity index (χ1) is 6.31. The fourth-order valence-corrected chi connectivity index (χ4v) is 0.632. The van der Waals surface area contributed by atoms with E-state index < -0.39 is 15.6 Å². The van der Waals surface area contributed by atoms with E-state index in [1.807, 2.05) is 14.1 Å². The summed E-state index contributed by atoms with van der Waals surface area (Å²) in [4.78, 5) is 0. The summed E-state index contributed by atoms with van der Waals surface area (Å²) in [5, 5.41) is 11.1. The Bertz CT molecular complexity index is 178. The van der Waals surface area contributed by atoms with E-state index in [9.17, 15) is 8.42 Å². The van der Waals surface area contributed by atoms with Gasteiger partial charge in [0.05, 0.1) is 0 Å². The van der Waals surface area contributed by atoms with Gasteiger partial charge in [-0.25, -0.2) is 0 Å². The van der Waals surface area contributed by atoms with E-state index in [4.69, 9.17) is 9.66 Å². The lowest BCUT2D eigenvalue weighted by atomic mass is 10.5. The van der Waals surface area contributed by atoms with E-state index in [2.05, 4.69) is 19.2 Å². The third kappa shape index (κ3) is 22.6. The minimum Gasteiger partial charge on any atom is -0.375 e. The zero-order chi connectivity index (χ0) is 12.2. The van der Waals surface area contributed by atoms with Crippen LogP contribution >= 0.6 is 0 Å². The van der Waals surface area contributed by atoms with Crippen LogP contribution in [-0.4, -0.2) is 37.6 Å². The third-order valence-corrected chi connectivity index (χ3v) is 1.71. The molecule has 0 amide bonds. The summed E-state index contributed by atoms with van der Waals surface area (Å²) in [5.41, 5.74) is -1.62. The lowest BCUT2D eigenvalue weighted by Crippen LogP contribution is -2.17. The molecule has 0 saturated heterocycles. The van der Waals surface area contributed by atoms with E-state index in [-0.39, 0.29) is 6.42 Å². The quantitative estimate of drug-likeness (QED) is 0.611. The Morgan fingerprint density at radius 1 is 1.21 bits per heavy atom. The maximum Gasteiger partial charge on any atom is 0.291 e. The molecule has 3 N–H and O–H groups in total. The zero-order valence-corrected chi connectivity index (χ0v) is 10.4. The summed E-state index contributed by atoms with van der Waals surface area (Å²) in [5.74, 6) is 0. The molecule has 14 heavy (non-hydrogen) atoms. The molecule has 0 aliphatic carbocycles. The zero-order valence-electron chi connectivity index (χ0n) is 9.61. The molecule has 90 valence electrons. The van der Waals surface area contributed by atoms with Gasteiger partial charge in [0.1, 0.15) is 0 Å². The second-order valence-corrected chi connectivity index (χ2v) is 4.16. The van der Waals surface area contributed by atoms with Crippen molar-refractivity contribution < 1.29 is 18.1 Å². The van der Waals surface area contributed by atoms with Gasteiger partial charge in [-0.1, -0.05) is 27.2 Å². The van der Waals surface area contributed by atoms with Crippen molar-refractivity contribution in [3.05, 3.63) is 0 Å².